The molecule has 94 valence electrons. The first-order valence-corrected chi connectivity index (χ1v) is 6.39. The summed E-state index contributed by atoms with van der Waals surface area (Å²) in [5.41, 5.74) is 11.6. The number of benzene rings is 1. The van der Waals surface area contributed by atoms with Gasteiger partial charge in [0, 0.05) is 5.69 Å². The third-order valence-electron chi connectivity index (χ3n) is 2.14. The largest absolute Gasteiger partial charge is 0.399 e. The molecule has 17 heavy (non-hydrogen) atoms. The van der Waals surface area contributed by atoms with Crippen molar-refractivity contribution in [1.82, 2.24) is 4.72 Å². The fourth-order valence-electron chi connectivity index (χ4n) is 1.29. The summed E-state index contributed by atoms with van der Waals surface area (Å²) < 4.78 is 25.9. The Labute approximate surface area is 100 Å². The van der Waals surface area contributed by atoms with Gasteiger partial charge in [-0.2, -0.15) is 4.72 Å². The molecule has 6 nitrogen and oxygen atoms in total. The van der Waals surface area contributed by atoms with Gasteiger partial charge in [-0.3, -0.25) is 4.79 Å². The van der Waals surface area contributed by atoms with E-state index in [4.69, 9.17) is 11.5 Å². The number of aryl methyl sites for hydroxylation is 1. The average molecular weight is 257 g/mol. The van der Waals surface area contributed by atoms with Crippen LogP contribution in [0.3, 0.4) is 0 Å². The van der Waals surface area contributed by atoms with Gasteiger partial charge in [0.15, 0.2) is 0 Å². The highest BCUT2D eigenvalue weighted by molar-refractivity contribution is 7.89. The Morgan fingerprint density at radius 1 is 1.35 bits per heavy atom. The van der Waals surface area contributed by atoms with Gasteiger partial charge in [0.25, 0.3) is 0 Å². The van der Waals surface area contributed by atoms with Gasteiger partial charge in [-0.15, -0.1) is 0 Å². The van der Waals surface area contributed by atoms with Gasteiger partial charge in [0.1, 0.15) is 0 Å². The number of sulfonamides is 1. The molecule has 0 aliphatic carbocycles. The van der Waals surface area contributed by atoms with Crippen LogP contribution in [0.15, 0.2) is 23.1 Å². The van der Waals surface area contributed by atoms with Crippen LogP contribution in [0.5, 0.6) is 0 Å². The van der Waals surface area contributed by atoms with E-state index in [1.807, 2.05) is 0 Å². The highest BCUT2D eigenvalue weighted by Gasteiger charge is 2.20. The molecule has 1 rings (SSSR count). The number of hydrogen-bond acceptors (Lipinski definition) is 4. The van der Waals surface area contributed by atoms with E-state index in [0.717, 1.165) is 5.56 Å². The molecule has 0 saturated carbocycles. The van der Waals surface area contributed by atoms with Gasteiger partial charge in [-0.25, -0.2) is 8.42 Å². The normalized spacial score (nSPS) is 13.3. The topological polar surface area (TPSA) is 115 Å². The Hall–Kier alpha value is -1.60. The Morgan fingerprint density at radius 3 is 2.41 bits per heavy atom. The first-order valence-electron chi connectivity index (χ1n) is 4.91. The molecule has 1 aromatic rings. The maximum Gasteiger partial charge on any atom is 0.241 e. The van der Waals surface area contributed by atoms with Gasteiger partial charge >= 0.3 is 0 Å². The quantitative estimate of drug-likeness (QED) is 0.644. The van der Waals surface area contributed by atoms with Crippen molar-refractivity contribution < 1.29 is 13.2 Å². The number of anilines is 1. The number of nitrogens with two attached hydrogens (primary N) is 2. The minimum absolute atomic E-state index is 0.0168. The number of carbonyl (C=O) groups is 1. The Morgan fingerprint density at radius 2 is 1.94 bits per heavy atom. The zero-order chi connectivity index (χ0) is 13.2. The minimum atomic E-state index is -3.78. The van der Waals surface area contributed by atoms with Crippen LogP contribution < -0.4 is 16.2 Å². The van der Waals surface area contributed by atoms with E-state index < -0.39 is 22.0 Å². The highest BCUT2D eigenvalue weighted by atomic mass is 32.2. The maximum absolute atomic E-state index is 11.9. The van der Waals surface area contributed by atoms with E-state index >= 15 is 0 Å². The van der Waals surface area contributed by atoms with Crippen molar-refractivity contribution in [2.45, 2.75) is 24.8 Å². The predicted molar refractivity (Wildman–Crippen MR) is 64.6 cm³/mol. The predicted octanol–water partition coefficient (Wildman–Crippen LogP) is -0.271. The number of nitrogen functional groups attached to an aromatic ring is 1. The van der Waals surface area contributed by atoms with Crippen molar-refractivity contribution in [1.29, 1.82) is 0 Å². The molecule has 1 atom stereocenters. The van der Waals surface area contributed by atoms with Crippen molar-refractivity contribution in [3.05, 3.63) is 23.8 Å². The van der Waals surface area contributed by atoms with Crippen molar-refractivity contribution in [3.63, 3.8) is 0 Å². The summed E-state index contributed by atoms with van der Waals surface area (Å²) in [5, 5.41) is 0. The van der Waals surface area contributed by atoms with Gasteiger partial charge in [0.05, 0.1) is 10.9 Å². The molecule has 0 radical (unpaired) electrons. The van der Waals surface area contributed by atoms with Gasteiger partial charge in [0.2, 0.25) is 15.9 Å². The van der Waals surface area contributed by atoms with Crippen LogP contribution in [0.2, 0.25) is 0 Å². The molecular formula is C10H15N3O3S. The number of amides is 1. The Bertz CT molecular complexity index is 519. The summed E-state index contributed by atoms with van der Waals surface area (Å²) in [6, 6.07) is 3.47. The zero-order valence-electron chi connectivity index (χ0n) is 9.60. The molecule has 0 aromatic heterocycles. The van der Waals surface area contributed by atoms with Crippen LogP contribution in [-0.2, 0) is 14.8 Å². The van der Waals surface area contributed by atoms with Crippen LogP contribution in [0.25, 0.3) is 0 Å². The lowest BCUT2D eigenvalue weighted by Gasteiger charge is -2.11. The fourth-order valence-corrected chi connectivity index (χ4v) is 2.64. The molecular weight excluding hydrogens is 242 g/mol. The molecule has 0 aliphatic rings. The van der Waals surface area contributed by atoms with E-state index in [1.165, 1.54) is 19.1 Å². The molecule has 0 heterocycles. The number of nitrogens with one attached hydrogen (secondary N) is 1. The first kappa shape index (κ1) is 13.5. The number of primary amides is 1. The van der Waals surface area contributed by atoms with Crippen molar-refractivity contribution in [2.24, 2.45) is 5.73 Å². The second-order valence-corrected chi connectivity index (χ2v) is 5.54. The highest BCUT2D eigenvalue weighted by Crippen LogP contribution is 2.16. The molecule has 0 spiro atoms. The fraction of sp³-hybridized carbons (Fsp3) is 0.300. The molecule has 0 fully saturated rings. The summed E-state index contributed by atoms with van der Waals surface area (Å²) in [5.74, 6) is -0.741. The monoisotopic (exact) mass is 257 g/mol. The molecule has 0 saturated heterocycles. The lowest BCUT2D eigenvalue weighted by molar-refractivity contribution is -0.119. The molecule has 1 aromatic carbocycles. The summed E-state index contributed by atoms with van der Waals surface area (Å²) in [6.07, 6.45) is 0. The minimum Gasteiger partial charge on any atom is -0.399 e. The number of carbonyl (C=O) groups excluding carboxylic acids is 1. The van der Waals surface area contributed by atoms with Crippen LogP contribution in [0, 0.1) is 6.92 Å². The molecule has 0 aliphatic heterocycles. The van der Waals surface area contributed by atoms with Crippen molar-refractivity contribution in [3.8, 4) is 0 Å². The second-order valence-electron chi connectivity index (χ2n) is 3.82. The van der Waals surface area contributed by atoms with E-state index in [-0.39, 0.29) is 4.90 Å². The van der Waals surface area contributed by atoms with Crippen LogP contribution in [0.1, 0.15) is 12.5 Å². The molecule has 5 N–H and O–H groups in total. The molecule has 7 heteroatoms. The van der Waals surface area contributed by atoms with E-state index in [0.29, 0.717) is 5.69 Å². The Kier molecular flexibility index (Phi) is 3.74. The van der Waals surface area contributed by atoms with Crippen molar-refractivity contribution >= 4 is 21.6 Å². The first-order chi connectivity index (χ1) is 7.72. The lowest BCUT2D eigenvalue weighted by atomic mass is 10.2. The van der Waals surface area contributed by atoms with Crippen LogP contribution >= 0.6 is 0 Å². The summed E-state index contributed by atoms with van der Waals surface area (Å²) in [7, 11) is -3.78. The van der Waals surface area contributed by atoms with Gasteiger partial charge in [-0.1, -0.05) is 0 Å². The van der Waals surface area contributed by atoms with Crippen molar-refractivity contribution in [2.75, 3.05) is 5.73 Å². The SMILES string of the molecule is Cc1cc(N)cc(S(=O)(=O)NC(C)C(N)=O)c1. The number of rotatable bonds is 4. The zero-order valence-corrected chi connectivity index (χ0v) is 10.4. The third kappa shape index (κ3) is 3.43. The Balaban J connectivity index is 3.09. The number of hydrogen-bond donors (Lipinski definition) is 3. The molecule has 1 amide bonds. The van der Waals surface area contributed by atoms with Gasteiger partial charge in [-0.05, 0) is 37.6 Å². The smallest absolute Gasteiger partial charge is 0.241 e. The van der Waals surface area contributed by atoms with Crippen LogP contribution in [-0.4, -0.2) is 20.4 Å². The van der Waals surface area contributed by atoms with Crippen LogP contribution in [0.4, 0.5) is 5.69 Å². The van der Waals surface area contributed by atoms with Gasteiger partial charge < -0.3 is 11.5 Å². The van der Waals surface area contributed by atoms with E-state index in [2.05, 4.69) is 4.72 Å². The average Bonchev–Trinajstić information content (AvgIpc) is 2.15. The second kappa shape index (κ2) is 4.72. The maximum atomic E-state index is 11.9. The standard InChI is InChI=1S/C10H15N3O3S/c1-6-3-8(11)5-9(4-6)17(15,16)13-7(2)10(12)14/h3-5,7,13H,11H2,1-2H3,(H2,12,14). The molecule has 1 unspecified atom stereocenters. The van der Waals surface area contributed by atoms with E-state index in [9.17, 15) is 13.2 Å². The van der Waals surface area contributed by atoms with E-state index in [1.54, 1.807) is 13.0 Å². The summed E-state index contributed by atoms with van der Waals surface area (Å²) in [6.45, 7) is 3.10. The summed E-state index contributed by atoms with van der Waals surface area (Å²) in [4.78, 5) is 10.8. The molecule has 0 bridgehead atoms. The summed E-state index contributed by atoms with van der Waals surface area (Å²) >= 11 is 0. The third-order valence-corrected chi connectivity index (χ3v) is 3.66. The lowest BCUT2D eigenvalue weighted by Crippen LogP contribution is -2.42.